The molecule has 11 heteroatoms. The van der Waals surface area contributed by atoms with Crippen molar-refractivity contribution in [3.8, 4) is 0 Å². The van der Waals surface area contributed by atoms with Crippen molar-refractivity contribution in [1.82, 2.24) is 16.0 Å². The molecule has 4 amide bonds. The second kappa shape index (κ2) is 15.6. The lowest BCUT2D eigenvalue weighted by Gasteiger charge is -2.27. The molecule has 5 unspecified atom stereocenters. The van der Waals surface area contributed by atoms with Gasteiger partial charge in [-0.15, -0.1) is 0 Å². The Bertz CT molecular complexity index is 923. The van der Waals surface area contributed by atoms with Gasteiger partial charge in [-0.2, -0.15) is 0 Å². The van der Waals surface area contributed by atoms with Crippen LogP contribution in [0.25, 0.3) is 0 Å². The number of hydrogen-bond acceptors (Lipinski definition) is 7. The maximum atomic E-state index is 13.2. The molecule has 0 aliphatic heterocycles. The number of nitrogens with one attached hydrogen (secondary N) is 3. The summed E-state index contributed by atoms with van der Waals surface area (Å²) in [5, 5.41) is 7.61. The van der Waals surface area contributed by atoms with Crippen LogP contribution in [0, 0.1) is 11.8 Å². The zero-order chi connectivity index (χ0) is 28.1. The van der Waals surface area contributed by atoms with Crippen molar-refractivity contribution in [2.45, 2.75) is 84.7 Å². The van der Waals surface area contributed by atoms with E-state index in [1.807, 2.05) is 26.8 Å². The van der Waals surface area contributed by atoms with E-state index in [0.717, 1.165) is 5.56 Å². The van der Waals surface area contributed by atoms with Gasteiger partial charge in [0.2, 0.25) is 23.6 Å². The average Bonchev–Trinajstić information content (AvgIpc) is 2.84. The fraction of sp³-hybridized carbons (Fsp3) is 0.577. The van der Waals surface area contributed by atoms with Gasteiger partial charge in [0.25, 0.3) is 0 Å². The molecule has 37 heavy (non-hydrogen) atoms. The Labute approximate surface area is 218 Å². The van der Waals surface area contributed by atoms with Crippen molar-refractivity contribution in [1.29, 1.82) is 0 Å². The molecule has 7 N–H and O–H groups in total. The molecule has 0 spiro atoms. The maximum Gasteiger partial charge on any atom is 0.308 e. The summed E-state index contributed by atoms with van der Waals surface area (Å²) in [4.78, 5) is 62.7. The van der Waals surface area contributed by atoms with Crippen molar-refractivity contribution >= 4 is 29.6 Å². The molecule has 0 saturated carbocycles. The Morgan fingerprint density at radius 2 is 1.51 bits per heavy atom. The molecule has 0 radical (unpaired) electrons. The largest absolute Gasteiger partial charge is 0.461 e. The summed E-state index contributed by atoms with van der Waals surface area (Å²) in [5.41, 5.74) is 12.0. The minimum atomic E-state index is -1.33. The second-order valence-corrected chi connectivity index (χ2v) is 9.65. The molecule has 0 fully saturated rings. The molecule has 11 nitrogen and oxygen atoms in total. The van der Waals surface area contributed by atoms with Crippen molar-refractivity contribution < 1.29 is 28.7 Å². The SMILES string of the molecule is CCC(C)C(NC(=O)C(CC(=O)OCc1ccccc1)NC(=O)C(N)CC(C)C)C(=O)NC(C)C(N)=O. The van der Waals surface area contributed by atoms with Crippen LogP contribution in [0.15, 0.2) is 30.3 Å². The van der Waals surface area contributed by atoms with Crippen molar-refractivity contribution in [3.63, 3.8) is 0 Å². The number of hydrogen-bond donors (Lipinski definition) is 5. The first kappa shape index (κ1) is 31.6. The van der Waals surface area contributed by atoms with E-state index in [1.54, 1.807) is 31.2 Å². The van der Waals surface area contributed by atoms with Crippen LogP contribution in [-0.2, 0) is 35.3 Å². The summed E-state index contributed by atoms with van der Waals surface area (Å²) < 4.78 is 5.28. The van der Waals surface area contributed by atoms with Crippen molar-refractivity contribution in [2.24, 2.45) is 23.3 Å². The zero-order valence-corrected chi connectivity index (χ0v) is 22.3. The maximum absolute atomic E-state index is 13.2. The fourth-order valence-electron chi connectivity index (χ4n) is 3.40. The molecular formula is C26H41N5O6. The normalized spacial score (nSPS) is 15.0. The van der Waals surface area contributed by atoms with Gasteiger partial charge in [0.1, 0.15) is 24.7 Å². The fourth-order valence-corrected chi connectivity index (χ4v) is 3.40. The third-order valence-electron chi connectivity index (χ3n) is 5.89. The van der Waals surface area contributed by atoms with Gasteiger partial charge in [-0.25, -0.2) is 0 Å². The first-order valence-electron chi connectivity index (χ1n) is 12.5. The molecule has 0 heterocycles. The Balaban J connectivity index is 3.04. The smallest absolute Gasteiger partial charge is 0.308 e. The van der Waals surface area contributed by atoms with Crippen LogP contribution in [0.3, 0.4) is 0 Å². The molecule has 0 aromatic heterocycles. The highest BCUT2D eigenvalue weighted by atomic mass is 16.5. The van der Waals surface area contributed by atoms with E-state index in [-0.39, 0.29) is 18.4 Å². The Morgan fingerprint density at radius 1 is 0.892 bits per heavy atom. The number of benzene rings is 1. The van der Waals surface area contributed by atoms with Gasteiger partial charge in [-0.3, -0.25) is 24.0 Å². The Hall–Kier alpha value is -3.47. The predicted molar refractivity (Wildman–Crippen MR) is 138 cm³/mol. The number of nitrogens with two attached hydrogens (primary N) is 2. The molecular weight excluding hydrogens is 478 g/mol. The molecule has 1 aromatic carbocycles. The van der Waals surface area contributed by atoms with E-state index in [0.29, 0.717) is 12.8 Å². The van der Waals surface area contributed by atoms with Gasteiger partial charge in [0.05, 0.1) is 12.5 Å². The van der Waals surface area contributed by atoms with Crippen LogP contribution >= 0.6 is 0 Å². The predicted octanol–water partition coefficient (Wildman–Crippen LogP) is 0.499. The molecule has 5 atom stereocenters. The number of primary amides is 1. The molecule has 0 aliphatic carbocycles. The number of ether oxygens (including phenoxy) is 1. The third-order valence-corrected chi connectivity index (χ3v) is 5.89. The summed E-state index contributed by atoms with van der Waals surface area (Å²) >= 11 is 0. The number of rotatable bonds is 15. The monoisotopic (exact) mass is 519 g/mol. The van der Waals surface area contributed by atoms with Crippen molar-refractivity contribution in [3.05, 3.63) is 35.9 Å². The van der Waals surface area contributed by atoms with Gasteiger partial charge in [-0.1, -0.05) is 64.4 Å². The Kier molecular flexibility index (Phi) is 13.3. The van der Waals surface area contributed by atoms with E-state index >= 15 is 0 Å². The topological polar surface area (TPSA) is 183 Å². The van der Waals surface area contributed by atoms with Gasteiger partial charge in [0.15, 0.2) is 0 Å². The van der Waals surface area contributed by atoms with Crippen molar-refractivity contribution in [2.75, 3.05) is 0 Å². The minimum Gasteiger partial charge on any atom is -0.461 e. The quantitative estimate of drug-likeness (QED) is 0.209. The molecule has 1 rings (SSSR count). The van der Waals surface area contributed by atoms with Crippen LogP contribution in [0.4, 0.5) is 0 Å². The number of carbonyl (C=O) groups is 5. The molecule has 0 aliphatic rings. The molecule has 206 valence electrons. The highest BCUT2D eigenvalue weighted by Crippen LogP contribution is 2.11. The van der Waals surface area contributed by atoms with Crippen LogP contribution in [0.5, 0.6) is 0 Å². The van der Waals surface area contributed by atoms with Gasteiger partial charge < -0.3 is 32.2 Å². The molecule has 0 bridgehead atoms. The lowest BCUT2D eigenvalue weighted by atomic mass is 9.97. The van der Waals surface area contributed by atoms with Crippen LogP contribution < -0.4 is 27.4 Å². The lowest BCUT2D eigenvalue weighted by molar-refractivity contribution is -0.147. The van der Waals surface area contributed by atoms with E-state index in [1.165, 1.54) is 6.92 Å². The van der Waals surface area contributed by atoms with Gasteiger partial charge in [0, 0.05) is 0 Å². The molecule has 0 saturated heterocycles. The summed E-state index contributed by atoms with van der Waals surface area (Å²) in [7, 11) is 0. The first-order chi connectivity index (χ1) is 17.3. The lowest BCUT2D eigenvalue weighted by Crippen LogP contribution is -2.59. The molecule has 1 aromatic rings. The van der Waals surface area contributed by atoms with E-state index in [2.05, 4.69) is 16.0 Å². The van der Waals surface area contributed by atoms with Gasteiger partial charge >= 0.3 is 5.97 Å². The van der Waals surface area contributed by atoms with E-state index < -0.39 is 60.2 Å². The van der Waals surface area contributed by atoms with Crippen LogP contribution in [0.2, 0.25) is 0 Å². The average molecular weight is 520 g/mol. The number of esters is 1. The highest BCUT2D eigenvalue weighted by molar-refractivity contribution is 5.96. The number of carbonyl (C=O) groups excluding carboxylic acids is 5. The standard InChI is InChI=1S/C26H41N5O6/c1-6-16(4)22(26(36)29-17(5)23(28)33)31-25(35)20(30-24(34)19(27)12-15(2)3)13-21(32)37-14-18-10-8-7-9-11-18/h7-11,15-17,19-20,22H,6,12-14,27H2,1-5H3,(H2,28,33)(H,29,36)(H,30,34)(H,31,35). The minimum absolute atomic E-state index is 0.00225. The van der Waals surface area contributed by atoms with E-state index in [4.69, 9.17) is 16.2 Å². The summed E-state index contributed by atoms with van der Waals surface area (Å²) in [6, 6.07) is 4.79. The highest BCUT2D eigenvalue weighted by Gasteiger charge is 2.33. The summed E-state index contributed by atoms with van der Waals surface area (Å²) in [5.74, 6) is -3.60. The number of amides is 4. The zero-order valence-electron chi connectivity index (χ0n) is 22.3. The third kappa shape index (κ3) is 11.4. The van der Waals surface area contributed by atoms with Gasteiger partial charge in [-0.05, 0) is 30.7 Å². The second-order valence-electron chi connectivity index (χ2n) is 9.65. The summed E-state index contributed by atoms with van der Waals surface area (Å²) in [6.45, 7) is 8.82. The van der Waals surface area contributed by atoms with E-state index in [9.17, 15) is 24.0 Å². The summed E-state index contributed by atoms with van der Waals surface area (Å²) in [6.07, 6.45) is 0.436. The van der Waals surface area contributed by atoms with Crippen LogP contribution in [0.1, 0.15) is 59.4 Å². The first-order valence-corrected chi connectivity index (χ1v) is 12.5. The van der Waals surface area contributed by atoms with Crippen LogP contribution in [-0.4, -0.2) is 53.8 Å². The Morgan fingerprint density at radius 3 is 2.05 bits per heavy atom.